The van der Waals surface area contributed by atoms with E-state index in [1.807, 2.05) is 18.2 Å². The minimum absolute atomic E-state index is 0. The molecule has 138 valence electrons. The Morgan fingerprint density at radius 2 is 1.75 bits per heavy atom. The number of halogens is 1. The smallest absolute Gasteiger partial charge is 0.191 e. The van der Waals surface area contributed by atoms with Gasteiger partial charge < -0.3 is 20.1 Å². The van der Waals surface area contributed by atoms with Crippen LogP contribution in [0.5, 0.6) is 11.5 Å². The predicted octanol–water partition coefficient (Wildman–Crippen LogP) is 3.96. The zero-order valence-corrected chi connectivity index (χ0v) is 17.7. The molecule has 0 fully saturated rings. The normalized spacial score (nSPS) is 10.8. The third kappa shape index (κ3) is 8.61. The number of ether oxygens (including phenoxy) is 2. The van der Waals surface area contributed by atoms with Crippen molar-refractivity contribution in [3.05, 3.63) is 23.8 Å². The van der Waals surface area contributed by atoms with E-state index in [1.54, 1.807) is 14.2 Å². The summed E-state index contributed by atoms with van der Waals surface area (Å²) in [7, 11) is 3.29. The zero-order chi connectivity index (χ0) is 16.9. The average molecular weight is 449 g/mol. The van der Waals surface area contributed by atoms with Crippen LogP contribution in [0.4, 0.5) is 0 Å². The van der Waals surface area contributed by atoms with Gasteiger partial charge in [0, 0.05) is 13.1 Å². The molecular formula is C18H32IN3O2. The van der Waals surface area contributed by atoms with Crippen LogP contribution < -0.4 is 20.1 Å². The molecule has 0 radical (unpaired) electrons. The van der Waals surface area contributed by atoms with Crippen molar-refractivity contribution in [2.75, 3.05) is 27.3 Å². The topological polar surface area (TPSA) is 54.9 Å². The van der Waals surface area contributed by atoms with E-state index in [-0.39, 0.29) is 24.0 Å². The van der Waals surface area contributed by atoms with Crippen LogP contribution in [-0.4, -0.2) is 33.3 Å². The molecule has 1 rings (SSSR count). The second-order valence-electron chi connectivity index (χ2n) is 5.37. The van der Waals surface area contributed by atoms with Crippen molar-refractivity contribution in [2.45, 2.75) is 46.1 Å². The van der Waals surface area contributed by atoms with Gasteiger partial charge in [-0.15, -0.1) is 24.0 Å². The van der Waals surface area contributed by atoms with E-state index in [4.69, 9.17) is 9.47 Å². The van der Waals surface area contributed by atoms with Gasteiger partial charge in [0.25, 0.3) is 0 Å². The molecule has 0 saturated carbocycles. The Balaban J connectivity index is 0.00000529. The Labute approximate surface area is 163 Å². The summed E-state index contributed by atoms with van der Waals surface area (Å²) in [6, 6.07) is 5.89. The summed E-state index contributed by atoms with van der Waals surface area (Å²) in [5.74, 6) is 2.33. The van der Waals surface area contributed by atoms with E-state index in [0.717, 1.165) is 36.1 Å². The molecule has 5 nitrogen and oxygen atoms in total. The lowest BCUT2D eigenvalue weighted by molar-refractivity contribution is 0.354. The Morgan fingerprint density at radius 1 is 1.00 bits per heavy atom. The van der Waals surface area contributed by atoms with Crippen molar-refractivity contribution < 1.29 is 9.47 Å². The number of unbranched alkanes of at least 4 members (excludes halogenated alkanes) is 3. The second-order valence-corrected chi connectivity index (χ2v) is 5.37. The maximum absolute atomic E-state index is 5.33. The first-order chi connectivity index (χ1) is 11.2. The van der Waals surface area contributed by atoms with Gasteiger partial charge in [0.05, 0.1) is 20.8 Å². The first-order valence-electron chi connectivity index (χ1n) is 8.48. The molecule has 0 unspecified atom stereocenters. The average Bonchev–Trinajstić information content (AvgIpc) is 2.59. The molecule has 6 heteroatoms. The van der Waals surface area contributed by atoms with E-state index < -0.39 is 0 Å². The number of hydrogen-bond acceptors (Lipinski definition) is 3. The maximum Gasteiger partial charge on any atom is 0.191 e. The summed E-state index contributed by atoms with van der Waals surface area (Å²) in [6.07, 6.45) is 4.99. The fourth-order valence-electron chi connectivity index (χ4n) is 2.25. The molecule has 0 atom stereocenters. The molecule has 0 spiro atoms. The molecule has 0 aliphatic carbocycles. The van der Waals surface area contributed by atoms with Gasteiger partial charge in [0.2, 0.25) is 0 Å². The Kier molecular flexibility index (Phi) is 13.5. The summed E-state index contributed by atoms with van der Waals surface area (Å²) in [5.41, 5.74) is 1.09. The van der Waals surface area contributed by atoms with Gasteiger partial charge in [0.15, 0.2) is 17.5 Å². The highest BCUT2D eigenvalue weighted by Gasteiger charge is 2.04. The number of benzene rings is 1. The molecule has 0 saturated heterocycles. The van der Waals surface area contributed by atoms with Crippen LogP contribution >= 0.6 is 24.0 Å². The van der Waals surface area contributed by atoms with Crippen molar-refractivity contribution in [3.63, 3.8) is 0 Å². The predicted molar refractivity (Wildman–Crippen MR) is 112 cm³/mol. The van der Waals surface area contributed by atoms with Gasteiger partial charge in [-0.25, -0.2) is 4.99 Å². The van der Waals surface area contributed by atoms with Crippen LogP contribution in [0.3, 0.4) is 0 Å². The first-order valence-corrected chi connectivity index (χ1v) is 8.48. The Morgan fingerprint density at radius 3 is 2.38 bits per heavy atom. The van der Waals surface area contributed by atoms with Gasteiger partial charge in [-0.1, -0.05) is 32.3 Å². The van der Waals surface area contributed by atoms with E-state index in [1.165, 1.54) is 25.7 Å². The fraction of sp³-hybridized carbons (Fsp3) is 0.611. The zero-order valence-electron chi connectivity index (χ0n) is 15.4. The highest BCUT2D eigenvalue weighted by atomic mass is 127. The highest BCUT2D eigenvalue weighted by molar-refractivity contribution is 14.0. The number of nitrogens with one attached hydrogen (secondary N) is 2. The standard InChI is InChI=1S/C18H31N3O2.HI/c1-5-7-8-9-12-20-18(19-6-2)21-14-15-10-11-16(22-3)17(13-15)23-4;/h10-11,13H,5-9,12,14H2,1-4H3,(H2,19,20,21);1H. The highest BCUT2D eigenvalue weighted by Crippen LogP contribution is 2.27. The molecule has 0 heterocycles. The van der Waals surface area contributed by atoms with Crippen LogP contribution in [0.15, 0.2) is 23.2 Å². The van der Waals surface area contributed by atoms with E-state index in [2.05, 4.69) is 29.5 Å². The summed E-state index contributed by atoms with van der Waals surface area (Å²) < 4.78 is 10.6. The van der Waals surface area contributed by atoms with Crippen molar-refractivity contribution in [1.82, 2.24) is 10.6 Å². The van der Waals surface area contributed by atoms with E-state index in [9.17, 15) is 0 Å². The number of hydrogen-bond donors (Lipinski definition) is 2. The van der Waals surface area contributed by atoms with Crippen molar-refractivity contribution in [3.8, 4) is 11.5 Å². The SMILES string of the molecule is CCCCCCNC(=NCc1ccc(OC)c(OC)c1)NCC.I. The molecule has 0 bridgehead atoms. The van der Waals surface area contributed by atoms with Gasteiger partial charge in [-0.05, 0) is 31.0 Å². The number of guanidine groups is 1. The summed E-state index contributed by atoms with van der Waals surface area (Å²) >= 11 is 0. The molecule has 2 N–H and O–H groups in total. The molecule has 1 aromatic rings. The molecular weight excluding hydrogens is 417 g/mol. The minimum Gasteiger partial charge on any atom is -0.493 e. The Bertz CT molecular complexity index is 481. The fourth-order valence-corrected chi connectivity index (χ4v) is 2.25. The number of methoxy groups -OCH3 is 2. The monoisotopic (exact) mass is 449 g/mol. The number of aliphatic imine (C=N–C) groups is 1. The van der Waals surface area contributed by atoms with Crippen LogP contribution in [-0.2, 0) is 6.54 Å². The third-order valence-electron chi connectivity index (χ3n) is 3.53. The van der Waals surface area contributed by atoms with Gasteiger partial charge in [-0.3, -0.25) is 0 Å². The van der Waals surface area contributed by atoms with E-state index in [0.29, 0.717) is 6.54 Å². The molecule has 24 heavy (non-hydrogen) atoms. The first kappa shape index (κ1) is 22.8. The number of nitrogens with zero attached hydrogens (tertiary/aromatic N) is 1. The quantitative estimate of drug-likeness (QED) is 0.246. The van der Waals surface area contributed by atoms with Crippen LogP contribution in [0.25, 0.3) is 0 Å². The molecule has 0 aliphatic rings. The Hall–Kier alpha value is -1.18. The van der Waals surface area contributed by atoms with Gasteiger partial charge in [-0.2, -0.15) is 0 Å². The number of rotatable bonds is 10. The lowest BCUT2D eigenvalue weighted by Gasteiger charge is -2.12. The molecule has 0 aromatic heterocycles. The van der Waals surface area contributed by atoms with Crippen LogP contribution in [0.2, 0.25) is 0 Å². The van der Waals surface area contributed by atoms with E-state index >= 15 is 0 Å². The van der Waals surface area contributed by atoms with Crippen LogP contribution in [0.1, 0.15) is 45.1 Å². The maximum atomic E-state index is 5.33. The van der Waals surface area contributed by atoms with Crippen molar-refractivity contribution in [1.29, 1.82) is 0 Å². The van der Waals surface area contributed by atoms with Crippen LogP contribution in [0, 0.1) is 0 Å². The lowest BCUT2D eigenvalue weighted by atomic mass is 10.2. The van der Waals surface area contributed by atoms with Crippen molar-refractivity contribution in [2.24, 2.45) is 4.99 Å². The van der Waals surface area contributed by atoms with Gasteiger partial charge >= 0.3 is 0 Å². The summed E-state index contributed by atoms with van der Waals surface area (Å²) in [5, 5.41) is 6.66. The summed E-state index contributed by atoms with van der Waals surface area (Å²) in [4.78, 5) is 4.63. The van der Waals surface area contributed by atoms with Crippen molar-refractivity contribution >= 4 is 29.9 Å². The second kappa shape index (κ2) is 14.2. The lowest BCUT2D eigenvalue weighted by Crippen LogP contribution is -2.37. The third-order valence-corrected chi connectivity index (χ3v) is 3.53. The minimum atomic E-state index is 0. The molecule has 0 aliphatic heterocycles. The largest absolute Gasteiger partial charge is 0.493 e. The summed E-state index contributed by atoms with van der Waals surface area (Å²) in [6.45, 7) is 6.71. The van der Waals surface area contributed by atoms with Gasteiger partial charge in [0.1, 0.15) is 0 Å². The molecule has 1 aromatic carbocycles. The molecule has 0 amide bonds.